The van der Waals surface area contributed by atoms with Crippen LogP contribution in [0.3, 0.4) is 0 Å². The van der Waals surface area contributed by atoms with Crippen LogP contribution >= 0.6 is 11.3 Å². The average Bonchev–Trinajstić information content (AvgIpc) is 3.37. The molecule has 1 unspecified atom stereocenters. The lowest BCUT2D eigenvalue weighted by atomic mass is 10.0. The second kappa shape index (κ2) is 11.5. The maximum Gasteiger partial charge on any atom is 0.265 e. The molecule has 0 bridgehead atoms. The fraction of sp³-hybridized carbons (Fsp3) is 0.280. The Kier molecular flexibility index (Phi) is 8.41. The van der Waals surface area contributed by atoms with E-state index in [1.54, 1.807) is 37.4 Å². The molecule has 0 aliphatic heterocycles. The van der Waals surface area contributed by atoms with E-state index in [-0.39, 0.29) is 17.9 Å². The van der Waals surface area contributed by atoms with E-state index in [0.29, 0.717) is 22.7 Å². The van der Waals surface area contributed by atoms with Crippen LogP contribution in [0, 0.1) is 0 Å². The highest BCUT2D eigenvalue weighted by molar-refractivity contribution is 7.12. The van der Waals surface area contributed by atoms with Crippen molar-refractivity contribution in [1.29, 1.82) is 0 Å². The molecule has 0 fully saturated rings. The number of methoxy groups -OCH3 is 1. The van der Waals surface area contributed by atoms with Gasteiger partial charge in [-0.15, -0.1) is 11.3 Å². The number of nitrogens with zero attached hydrogens (tertiary/aromatic N) is 1. The zero-order chi connectivity index (χ0) is 22.9. The van der Waals surface area contributed by atoms with Crippen molar-refractivity contribution in [3.8, 4) is 5.75 Å². The van der Waals surface area contributed by atoms with Crippen molar-refractivity contribution >= 4 is 28.8 Å². The van der Waals surface area contributed by atoms with Crippen molar-refractivity contribution in [2.75, 3.05) is 32.1 Å². The Balaban J connectivity index is 1.71. The lowest BCUT2D eigenvalue weighted by Gasteiger charge is -2.30. The summed E-state index contributed by atoms with van der Waals surface area (Å²) in [5, 5.41) is 7.76. The van der Waals surface area contributed by atoms with Gasteiger partial charge in [-0.2, -0.15) is 0 Å². The molecule has 0 aliphatic rings. The quantitative estimate of drug-likeness (QED) is 0.464. The van der Waals surface area contributed by atoms with Crippen LogP contribution in [0.1, 0.15) is 45.5 Å². The Morgan fingerprint density at radius 3 is 2.47 bits per heavy atom. The molecule has 0 radical (unpaired) electrons. The number of carbonyl (C=O) groups excluding carboxylic acids is 2. The van der Waals surface area contributed by atoms with Crippen molar-refractivity contribution in [3.05, 3.63) is 82.0 Å². The third-order valence-electron chi connectivity index (χ3n) is 5.32. The van der Waals surface area contributed by atoms with Gasteiger partial charge in [0.05, 0.1) is 18.0 Å². The van der Waals surface area contributed by atoms with Crippen LogP contribution in [0.2, 0.25) is 0 Å². The molecule has 2 aromatic carbocycles. The van der Waals surface area contributed by atoms with E-state index in [1.807, 2.05) is 29.6 Å². The fourth-order valence-corrected chi connectivity index (χ4v) is 4.22. The second-order valence-corrected chi connectivity index (χ2v) is 8.18. The van der Waals surface area contributed by atoms with Gasteiger partial charge < -0.3 is 15.4 Å². The van der Waals surface area contributed by atoms with Crippen LogP contribution in [0.5, 0.6) is 5.75 Å². The zero-order valence-corrected chi connectivity index (χ0v) is 19.4. The summed E-state index contributed by atoms with van der Waals surface area (Å²) in [7, 11) is 1.65. The predicted molar refractivity (Wildman–Crippen MR) is 130 cm³/mol. The number of ether oxygens (including phenoxy) is 1. The van der Waals surface area contributed by atoms with Crippen molar-refractivity contribution in [3.63, 3.8) is 0 Å². The predicted octanol–water partition coefficient (Wildman–Crippen LogP) is 4.82. The number of nitrogens with one attached hydrogen (secondary N) is 2. The molecular weight excluding hydrogens is 422 g/mol. The lowest BCUT2D eigenvalue weighted by molar-refractivity contribution is 0.0934. The molecule has 6 nitrogen and oxygen atoms in total. The second-order valence-electron chi connectivity index (χ2n) is 7.24. The summed E-state index contributed by atoms with van der Waals surface area (Å²) in [5.41, 5.74) is 2.17. The van der Waals surface area contributed by atoms with Gasteiger partial charge in [-0.1, -0.05) is 38.1 Å². The Labute approximate surface area is 193 Å². The summed E-state index contributed by atoms with van der Waals surface area (Å²) in [4.78, 5) is 28.1. The van der Waals surface area contributed by atoms with Gasteiger partial charge in [0.1, 0.15) is 5.75 Å². The Hall–Kier alpha value is -3.16. The standard InChI is InChI=1S/C25H29N3O3S/c1-4-28(5-2)22(18-9-7-12-21(16-18)31-3)17-26-24(29)19-10-6-11-20(15-19)27-25(30)23-13-8-14-32-23/h6-16,22H,4-5,17H2,1-3H3,(H,26,29)(H,27,30). The van der Waals surface area contributed by atoms with Crippen LogP contribution in [-0.4, -0.2) is 43.5 Å². The molecule has 2 amide bonds. The van der Waals surface area contributed by atoms with Gasteiger partial charge >= 0.3 is 0 Å². The summed E-state index contributed by atoms with van der Waals surface area (Å²) >= 11 is 1.37. The first kappa shape index (κ1) is 23.5. The van der Waals surface area contributed by atoms with Crippen LogP contribution in [0.4, 0.5) is 5.69 Å². The SMILES string of the molecule is CCN(CC)C(CNC(=O)c1cccc(NC(=O)c2cccs2)c1)c1cccc(OC)c1. The molecule has 168 valence electrons. The number of hydrogen-bond acceptors (Lipinski definition) is 5. The van der Waals surface area contributed by atoms with E-state index >= 15 is 0 Å². The molecule has 2 N–H and O–H groups in total. The first-order valence-corrected chi connectivity index (χ1v) is 11.5. The van der Waals surface area contributed by atoms with Gasteiger partial charge in [-0.3, -0.25) is 14.5 Å². The number of likely N-dealkylation sites (N-methyl/N-ethyl adjacent to an activating group) is 1. The van der Waals surface area contributed by atoms with E-state index in [4.69, 9.17) is 4.74 Å². The summed E-state index contributed by atoms with van der Waals surface area (Å²) in [6.45, 7) is 6.40. The molecule has 0 saturated heterocycles. The van der Waals surface area contributed by atoms with E-state index in [9.17, 15) is 9.59 Å². The van der Waals surface area contributed by atoms with Crippen LogP contribution < -0.4 is 15.4 Å². The molecule has 0 spiro atoms. The first-order chi connectivity index (χ1) is 15.5. The van der Waals surface area contributed by atoms with Crippen LogP contribution in [0.15, 0.2) is 66.0 Å². The third kappa shape index (κ3) is 5.96. The molecule has 7 heteroatoms. The van der Waals surface area contributed by atoms with E-state index in [1.165, 1.54) is 11.3 Å². The van der Waals surface area contributed by atoms with Crippen molar-refractivity contribution in [2.45, 2.75) is 19.9 Å². The van der Waals surface area contributed by atoms with Gasteiger partial charge in [-0.25, -0.2) is 0 Å². The lowest BCUT2D eigenvalue weighted by Crippen LogP contribution is -2.38. The van der Waals surface area contributed by atoms with Crippen molar-refractivity contribution in [2.24, 2.45) is 0 Å². The number of carbonyl (C=O) groups is 2. The largest absolute Gasteiger partial charge is 0.497 e. The first-order valence-electron chi connectivity index (χ1n) is 10.7. The minimum Gasteiger partial charge on any atom is -0.497 e. The third-order valence-corrected chi connectivity index (χ3v) is 6.18. The Morgan fingerprint density at radius 2 is 1.78 bits per heavy atom. The highest BCUT2D eigenvalue weighted by atomic mass is 32.1. The van der Waals surface area contributed by atoms with Crippen LogP contribution in [-0.2, 0) is 0 Å². The van der Waals surface area contributed by atoms with Crippen LogP contribution in [0.25, 0.3) is 0 Å². The van der Waals surface area contributed by atoms with Gasteiger partial charge in [0, 0.05) is 17.8 Å². The maximum absolute atomic E-state index is 12.9. The number of thiophene rings is 1. The summed E-state index contributed by atoms with van der Waals surface area (Å²) < 4.78 is 5.38. The van der Waals surface area contributed by atoms with Crippen molar-refractivity contribution in [1.82, 2.24) is 10.2 Å². The number of amides is 2. The van der Waals surface area contributed by atoms with Gasteiger partial charge in [-0.05, 0) is 60.4 Å². The molecule has 32 heavy (non-hydrogen) atoms. The number of benzene rings is 2. The maximum atomic E-state index is 12.9. The molecule has 1 aromatic heterocycles. The number of rotatable bonds is 10. The number of hydrogen-bond donors (Lipinski definition) is 2. The monoisotopic (exact) mass is 451 g/mol. The Bertz CT molecular complexity index is 1030. The normalized spacial score (nSPS) is 11.8. The highest BCUT2D eigenvalue weighted by Gasteiger charge is 2.20. The average molecular weight is 452 g/mol. The molecule has 0 saturated carbocycles. The van der Waals surface area contributed by atoms with E-state index in [0.717, 1.165) is 24.4 Å². The molecule has 1 heterocycles. The summed E-state index contributed by atoms with van der Waals surface area (Å²) in [6.07, 6.45) is 0. The Morgan fingerprint density at radius 1 is 1.00 bits per heavy atom. The molecule has 0 aliphatic carbocycles. The van der Waals surface area contributed by atoms with Gasteiger partial charge in [0.15, 0.2) is 0 Å². The minimum absolute atomic E-state index is 0.0192. The molecular formula is C25H29N3O3S. The summed E-state index contributed by atoms with van der Waals surface area (Å²) in [6, 6.07) is 18.5. The molecule has 3 rings (SSSR count). The zero-order valence-electron chi connectivity index (χ0n) is 18.6. The van der Waals surface area contributed by atoms with E-state index in [2.05, 4.69) is 35.4 Å². The fourth-order valence-electron chi connectivity index (χ4n) is 3.60. The minimum atomic E-state index is -0.183. The van der Waals surface area contributed by atoms with Gasteiger partial charge in [0.25, 0.3) is 11.8 Å². The molecule has 1 atom stereocenters. The smallest absolute Gasteiger partial charge is 0.265 e. The molecule has 3 aromatic rings. The summed E-state index contributed by atoms with van der Waals surface area (Å²) in [5.74, 6) is 0.426. The van der Waals surface area contributed by atoms with Crippen molar-refractivity contribution < 1.29 is 14.3 Å². The van der Waals surface area contributed by atoms with E-state index < -0.39 is 0 Å². The highest BCUT2D eigenvalue weighted by Crippen LogP contribution is 2.24. The number of anilines is 1. The van der Waals surface area contributed by atoms with Gasteiger partial charge in [0.2, 0.25) is 0 Å². The topological polar surface area (TPSA) is 70.7 Å².